The first-order valence-corrected chi connectivity index (χ1v) is 27.8. The summed E-state index contributed by atoms with van der Waals surface area (Å²) in [7, 11) is 0. The SMILES string of the molecule is C/C=C\C=C(/C)c1ccc(-c2ccc(C)cc2)cc1.C=C1/C=C\C(c2cccc3c2Cc2ccccc2-3)=C/CC(C)(C)c2cc3c(cc21)C(C)(C)c1cc(C)ccc1-3.Cc1ccc(-c2ccc(C3=CCCC=C3)cc2)cc1. The van der Waals surface area contributed by atoms with Crippen molar-refractivity contribution in [1.29, 1.82) is 0 Å². The zero-order valence-corrected chi connectivity index (χ0v) is 46.9. The van der Waals surface area contributed by atoms with Gasteiger partial charge in [0.25, 0.3) is 0 Å². The molecule has 382 valence electrons. The summed E-state index contributed by atoms with van der Waals surface area (Å²) in [5, 5.41) is 0. The number of rotatable bonds is 6. The Bertz CT molecular complexity index is 3680. The molecule has 0 amide bonds. The van der Waals surface area contributed by atoms with Crippen LogP contribution in [0.3, 0.4) is 0 Å². The third kappa shape index (κ3) is 11.1. The Hall–Kier alpha value is -8.06. The summed E-state index contributed by atoms with van der Waals surface area (Å²) in [6.45, 7) is 24.8. The molecular formula is C77H74. The standard InChI is InChI=1S/C39H36.C19H18.C19H20/c1-24-14-17-31-34-23-35-32(22-37(34)39(5,6)36(31)20-24)25(2)15-16-26(18-19-38(35,3)4)28-12-9-13-30-29-11-8-7-10-27(29)21-33(28)30;1-15-7-9-17(10-8-15)19-13-11-18(12-14-19)16-5-3-2-4-6-16;1-4-5-6-16(3)17-11-13-19(14-12-17)18-9-7-15(2)8-10-18/h7-18,20,22-23H,2,19,21H2,1,3-6H3;3,5-14H,2,4H2,1H3;4-14H,1-3H3/b16-15-,26-18+;;5-4-,16-6+. The Labute approximate surface area is 461 Å². The van der Waals surface area contributed by atoms with Crippen LogP contribution in [0.1, 0.15) is 128 Å². The minimum atomic E-state index is -0.0386. The second-order valence-corrected chi connectivity index (χ2v) is 22.8. The quantitative estimate of drug-likeness (QED) is 0.146. The average molecular weight is 999 g/mol. The topological polar surface area (TPSA) is 0 Å². The third-order valence-corrected chi connectivity index (χ3v) is 16.4. The molecule has 8 aromatic carbocycles. The molecule has 0 heteroatoms. The van der Waals surface area contributed by atoms with Gasteiger partial charge in [-0.1, -0.05) is 263 Å². The minimum Gasteiger partial charge on any atom is -0.0911 e. The van der Waals surface area contributed by atoms with Gasteiger partial charge in [0, 0.05) is 5.41 Å². The molecule has 8 aromatic rings. The van der Waals surface area contributed by atoms with Crippen molar-refractivity contribution in [2.45, 2.75) is 98.8 Å². The summed E-state index contributed by atoms with van der Waals surface area (Å²) >= 11 is 0. The molecular weight excluding hydrogens is 925 g/mol. The van der Waals surface area contributed by atoms with Crippen LogP contribution < -0.4 is 0 Å². The van der Waals surface area contributed by atoms with Gasteiger partial charge in [0.2, 0.25) is 0 Å². The van der Waals surface area contributed by atoms with Crippen LogP contribution in [-0.2, 0) is 17.3 Å². The summed E-state index contributed by atoms with van der Waals surface area (Å²) in [5.74, 6) is 0. The van der Waals surface area contributed by atoms with Crippen LogP contribution in [0.5, 0.6) is 0 Å². The van der Waals surface area contributed by atoms with Gasteiger partial charge >= 0.3 is 0 Å². The third-order valence-electron chi connectivity index (χ3n) is 16.4. The van der Waals surface area contributed by atoms with Gasteiger partial charge in [-0.15, -0.1) is 0 Å². The van der Waals surface area contributed by atoms with E-state index in [-0.39, 0.29) is 10.8 Å². The predicted octanol–water partition coefficient (Wildman–Crippen LogP) is 21.2. The van der Waals surface area contributed by atoms with Crippen molar-refractivity contribution >= 4 is 22.3 Å². The molecule has 0 saturated heterocycles. The maximum Gasteiger partial charge on any atom is 0.0159 e. The number of hydrogen-bond acceptors (Lipinski definition) is 0. The van der Waals surface area contributed by atoms with Gasteiger partial charge in [-0.3, -0.25) is 0 Å². The lowest BCUT2D eigenvalue weighted by Crippen LogP contribution is -2.20. The van der Waals surface area contributed by atoms with Crippen LogP contribution in [0.25, 0.3) is 66.8 Å². The highest BCUT2D eigenvalue weighted by atomic mass is 14.4. The molecule has 0 unspecified atom stereocenters. The second kappa shape index (κ2) is 22.3. The first-order valence-electron chi connectivity index (χ1n) is 27.8. The Balaban J connectivity index is 0.000000148. The van der Waals surface area contributed by atoms with E-state index in [2.05, 4.69) is 280 Å². The van der Waals surface area contributed by atoms with E-state index in [1.54, 1.807) is 0 Å². The molecule has 0 fully saturated rings. The maximum absolute atomic E-state index is 4.62. The first kappa shape index (κ1) is 52.4. The van der Waals surface area contributed by atoms with Crippen molar-refractivity contribution in [2.75, 3.05) is 0 Å². The van der Waals surface area contributed by atoms with E-state index < -0.39 is 0 Å². The van der Waals surface area contributed by atoms with Crippen molar-refractivity contribution in [3.8, 4) is 44.5 Å². The molecule has 0 bridgehead atoms. The van der Waals surface area contributed by atoms with Crippen LogP contribution >= 0.6 is 0 Å². The molecule has 0 N–H and O–H groups in total. The highest BCUT2D eigenvalue weighted by molar-refractivity contribution is 5.91. The smallest absolute Gasteiger partial charge is 0.0159 e. The molecule has 0 radical (unpaired) electrons. The van der Waals surface area contributed by atoms with E-state index in [0.717, 1.165) is 24.8 Å². The van der Waals surface area contributed by atoms with E-state index in [0.29, 0.717) is 0 Å². The highest BCUT2D eigenvalue weighted by Gasteiger charge is 2.38. The largest absolute Gasteiger partial charge is 0.0911 e. The lowest BCUT2D eigenvalue weighted by atomic mass is 9.74. The van der Waals surface area contributed by atoms with Crippen LogP contribution in [0.4, 0.5) is 0 Å². The van der Waals surface area contributed by atoms with Gasteiger partial charge < -0.3 is 0 Å². The number of fused-ring (bicyclic) bond motifs is 7. The van der Waals surface area contributed by atoms with E-state index in [4.69, 9.17) is 0 Å². The number of allylic oxidation sites excluding steroid dienone is 13. The fourth-order valence-corrected chi connectivity index (χ4v) is 11.6. The Morgan fingerprint density at radius 2 is 1.05 bits per heavy atom. The summed E-state index contributed by atoms with van der Waals surface area (Å²) in [4.78, 5) is 0. The van der Waals surface area contributed by atoms with Crippen LogP contribution in [-0.4, -0.2) is 0 Å². The van der Waals surface area contributed by atoms with Crippen molar-refractivity contribution < 1.29 is 0 Å². The van der Waals surface area contributed by atoms with Crippen molar-refractivity contribution in [1.82, 2.24) is 0 Å². The Kier molecular flexibility index (Phi) is 15.1. The first-order chi connectivity index (χ1) is 37.2. The van der Waals surface area contributed by atoms with Crippen molar-refractivity contribution in [3.05, 3.63) is 298 Å². The molecule has 4 aliphatic carbocycles. The van der Waals surface area contributed by atoms with E-state index in [9.17, 15) is 0 Å². The zero-order valence-electron chi connectivity index (χ0n) is 46.9. The van der Waals surface area contributed by atoms with Crippen molar-refractivity contribution in [2.24, 2.45) is 0 Å². The summed E-state index contributed by atoms with van der Waals surface area (Å²) < 4.78 is 0. The molecule has 4 aliphatic rings. The molecule has 0 heterocycles. The maximum atomic E-state index is 4.62. The Morgan fingerprint density at radius 1 is 0.481 bits per heavy atom. The molecule has 0 spiro atoms. The number of benzene rings is 8. The fourth-order valence-electron chi connectivity index (χ4n) is 11.6. The normalized spacial score (nSPS) is 16.5. The molecule has 0 atom stereocenters. The van der Waals surface area contributed by atoms with Gasteiger partial charge in [-0.25, -0.2) is 0 Å². The van der Waals surface area contributed by atoms with Crippen LogP contribution in [0.15, 0.2) is 231 Å². The minimum absolute atomic E-state index is 0.0265. The van der Waals surface area contributed by atoms with Gasteiger partial charge in [0.1, 0.15) is 0 Å². The summed E-state index contributed by atoms with van der Waals surface area (Å²) in [6.07, 6.45) is 24.4. The number of hydrogen-bond donors (Lipinski definition) is 0. The molecule has 0 nitrogen and oxygen atoms in total. The Morgan fingerprint density at radius 3 is 1.70 bits per heavy atom. The second-order valence-electron chi connectivity index (χ2n) is 22.8. The van der Waals surface area contributed by atoms with Gasteiger partial charge in [-0.2, -0.15) is 0 Å². The summed E-state index contributed by atoms with van der Waals surface area (Å²) in [6, 6.07) is 62.5. The molecule has 0 saturated carbocycles. The lowest BCUT2D eigenvalue weighted by molar-refractivity contribution is 0.533. The van der Waals surface area contributed by atoms with Crippen LogP contribution in [0.2, 0.25) is 0 Å². The monoisotopic (exact) mass is 999 g/mol. The highest BCUT2D eigenvalue weighted by Crippen LogP contribution is 2.52. The summed E-state index contributed by atoms with van der Waals surface area (Å²) in [5.41, 5.74) is 31.9. The van der Waals surface area contributed by atoms with Gasteiger partial charge in [0.15, 0.2) is 0 Å². The zero-order chi connectivity index (χ0) is 53.8. The van der Waals surface area contributed by atoms with Crippen LogP contribution in [0, 0.1) is 20.8 Å². The molecule has 0 aromatic heterocycles. The predicted molar refractivity (Wildman–Crippen MR) is 335 cm³/mol. The van der Waals surface area contributed by atoms with Gasteiger partial charge in [0.05, 0.1) is 0 Å². The average Bonchev–Trinajstić information content (AvgIpc) is 4.00. The van der Waals surface area contributed by atoms with E-state index >= 15 is 0 Å². The fraction of sp³-hybridized carbons (Fsp3) is 0.195. The molecule has 77 heavy (non-hydrogen) atoms. The molecule has 12 rings (SSSR count). The van der Waals surface area contributed by atoms with E-state index in [1.165, 1.54) is 134 Å². The van der Waals surface area contributed by atoms with Gasteiger partial charge in [-0.05, 0) is 195 Å². The van der Waals surface area contributed by atoms with E-state index in [1.807, 2.05) is 13.0 Å². The van der Waals surface area contributed by atoms with Crippen molar-refractivity contribution in [3.63, 3.8) is 0 Å². The number of aryl methyl sites for hydroxylation is 3. The lowest BCUT2D eigenvalue weighted by Gasteiger charge is -2.29. The molecule has 0 aliphatic heterocycles.